The molecule has 0 aliphatic carbocycles. The van der Waals surface area contributed by atoms with Crippen LogP contribution in [0.3, 0.4) is 0 Å². The van der Waals surface area contributed by atoms with E-state index in [1.165, 1.54) is 0 Å². The van der Waals surface area contributed by atoms with Crippen molar-refractivity contribution in [3.05, 3.63) is 0 Å². The van der Waals surface area contributed by atoms with E-state index in [0.717, 1.165) is 38.5 Å². The van der Waals surface area contributed by atoms with E-state index in [0.29, 0.717) is 6.42 Å². The fourth-order valence-corrected chi connectivity index (χ4v) is 3.18. The van der Waals surface area contributed by atoms with Crippen molar-refractivity contribution in [3.63, 3.8) is 0 Å². The molecule has 0 aromatic carbocycles. The smallest absolute Gasteiger partial charge is 0.224 e. The minimum atomic E-state index is -0.396. The Morgan fingerprint density at radius 2 is 1.30 bits per heavy atom. The Morgan fingerprint density at radius 1 is 0.850 bits per heavy atom. The summed E-state index contributed by atoms with van der Waals surface area (Å²) in [6, 6.07) is 0. The van der Waals surface area contributed by atoms with Crippen LogP contribution in [0.4, 0.5) is 0 Å². The number of amides is 2. The summed E-state index contributed by atoms with van der Waals surface area (Å²) in [7, 11) is 0. The van der Waals surface area contributed by atoms with Crippen LogP contribution < -0.4 is 11.5 Å². The first-order chi connectivity index (χ1) is 9.25. The normalized spacial score (nSPS) is 12.1. The molecule has 118 valence electrons. The number of nitrogens with two attached hydrogens (primary N) is 2. The van der Waals surface area contributed by atoms with Crippen LogP contribution in [-0.2, 0) is 9.59 Å². The monoisotopic (exact) mass is 284 g/mol. The van der Waals surface area contributed by atoms with Crippen molar-refractivity contribution in [2.75, 3.05) is 0 Å². The number of carbonyl (C=O) groups is 2. The summed E-state index contributed by atoms with van der Waals surface area (Å²) < 4.78 is 0. The second kappa shape index (κ2) is 8.98. The second-order valence-corrected chi connectivity index (χ2v) is 6.45. The van der Waals surface area contributed by atoms with Crippen LogP contribution in [0.15, 0.2) is 0 Å². The average molecular weight is 284 g/mol. The lowest BCUT2D eigenvalue weighted by Gasteiger charge is -2.38. The molecule has 0 fully saturated rings. The molecule has 0 aliphatic rings. The fourth-order valence-electron chi connectivity index (χ4n) is 3.18. The van der Waals surface area contributed by atoms with Gasteiger partial charge < -0.3 is 11.5 Å². The minimum absolute atomic E-state index is 0.170. The standard InChI is InChI=1S/C16H32N2O2/c1-12(2)16(13(3)4,15(18)20)11-9-7-5-6-8-10-14(17)19/h12-13H,5-11H2,1-4H3,(H2,17,19)(H2,18,20). The molecule has 0 unspecified atom stereocenters. The van der Waals surface area contributed by atoms with Gasteiger partial charge in [0.05, 0.1) is 5.41 Å². The van der Waals surface area contributed by atoms with E-state index < -0.39 is 5.41 Å². The predicted molar refractivity (Wildman–Crippen MR) is 82.8 cm³/mol. The zero-order chi connectivity index (χ0) is 15.8. The Hall–Kier alpha value is -1.06. The first-order valence-corrected chi connectivity index (χ1v) is 7.83. The van der Waals surface area contributed by atoms with Crippen molar-refractivity contribution < 1.29 is 9.59 Å². The molecule has 4 N–H and O–H groups in total. The summed E-state index contributed by atoms with van der Waals surface area (Å²) in [4.78, 5) is 22.5. The zero-order valence-corrected chi connectivity index (χ0v) is 13.6. The molecular formula is C16H32N2O2. The number of rotatable bonds is 11. The Morgan fingerprint density at radius 3 is 1.70 bits per heavy atom. The molecule has 0 radical (unpaired) electrons. The van der Waals surface area contributed by atoms with Crippen LogP contribution in [0.25, 0.3) is 0 Å². The lowest BCUT2D eigenvalue weighted by atomic mass is 9.65. The fraction of sp³-hybridized carbons (Fsp3) is 0.875. The molecule has 2 amide bonds. The molecule has 0 bridgehead atoms. The molecule has 0 aliphatic heterocycles. The van der Waals surface area contributed by atoms with Gasteiger partial charge in [-0.3, -0.25) is 9.59 Å². The van der Waals surface area contributed by atoms with E-state index in [2.05, 4.69) is 27.7 Å². The molecule has 0 atom stereocenters. The van der Waals surface area contributed by atoms with Gasteiger partial charge in [-0.2, -0.15) is 0 Å². The van der Waals surface area contributed by atoms with Gasteiger partial charge in [-0.25, -0.2) is 0 Å². The van der Waals surface area contributed by atoms with Gasteiger partial charge in [0.2, 0.25) is 11.8 Å². The van der Waals surface area contributed by atoms with E-state index in [9.17, 15) is 9.59 Å². The van der Waals surface area contributed by atoms with Crippen LogP contribution in [0.1, 0.15) is 72.6 Å². The highest BCUT2D eigenvalue weighted by Crippen LogP contribution is 2.40. The van der Waals surface area contributed by atoms with Crippen molar-refractivity contribution in [2.24, 2.45) is 28.7 Å². The molecule has 20 heavy (non-hydrogen) atoms. The highest BCUT2D eigenvalue weighted by molar-refractivity contribution is 5.81. The van der Waals surface area contributed by atoms with Gasteiger partial charge in [0.15, 0.2) is 0 Å². The van der Waals surface area contributed by atoms with Crippen molar-refractivity contribution >= 4 is 11.8 Å². The van der Waals surface area contributed by atoms with Gasteiger partial charge in [-0.15, -0.1) is 0 Å². The highest BCUT2D eigenvalue weighted by Gasteiger charge is 2.41. The van der Waals surface area contributed by atoms with Crippen molar-refractivity contribution in [1.29, 1.82) is 0 Å². The summed E-state index contributed by atoms with van der Waals surface area (Å²) in [5.74, 6) is 0.123. The lowest BCUT2D eigenvalue weighted by molar-refractivity contribution is -0.134. The molecule has 0 saturated heterocycles. The highest BCUT2D eigenvalue weighted by atomic mass is 16.1. The molecule has 0 spiro atoms. The topological polar surface area (TPSA) is 86.2 Å². The lowest BCUT2D eigenvalue weighted by Crippen LogP contribution is -2.45. The first-order valence-electron chi connectivity index (χ1n) is 7.83. The molecule has 0 aromatic heterocycles. The van der Waals surface area contributed by atoms with Crippen LogP contribution in [0, 0.1) is 17.3 Å². The average Bonchev–Trinajstić information content (AvgIpc) is 2.30. The van der Waals surface area contributed by atoms with E-state index in [1.807, 2.05) is 0 Å². The molecule has 0 aromatic rings. The zero-order valence-electron chi connectivity index (χ0n) is 13.6. The number of hydrogen-bond donors (Lipinski definition) is 2. The number of carbonyl (C=O) groups excluding carboxylic acids is 2. The summed E-state index contributed by atoms with van der Waals surface area (Å²) in [5.41, 5.74) is 10.4. The van der Waals surface area contributed by atoms with Gasteiger partial charge in [-0.1, -0.05) is 53.4 Å². The van der Waals surface area contributed by atoms with Crippen LogP contribution >= 0.6 is 0 Å². The van der Waals surface area contributed by atoms with E-state index in [1.54, 1.807) is 0 Å². The van der Waals surface area contributed by atoms with Crippen LogP contribution in [0.2, 0.25) is 0 Å². The third-order valence-corrected chi connectivity index (χ3v) is 4.53. The van der Waals surface area contributed by atoms with Gasteiger partial charge in [-0.05, 0) is 24.7 Å². The van der Waals surface area contributed by atoms with Crippen LogP contribution in [-0.4, -0.2) is 11.8 Å². The van der Waals surface area contributed by atoms with E-state index in [4.69, 9.17) is 11.5 Å². The summed E-state index contributed by atoms with van der Waals surface area (Å²) in [6.07, 6.45) is 6.39. The van der Waals surface area contributed by atoms with Gasteiger partial charge >= 0.3 is 0 Å². The predicted octanol–water partition coefficient (Wildman–Crippen LogP) is 2.99. The quantitative estimate of drug-likeness (QED) is 0.571. The van der Waals surface area contributed by atoms with Crippen molar-refractivity contribution in [2.45, 2.75) is 72.6 Å². The Balaban J connectivity index is 4.17. The Labute approximate surface area is 123 Å². The maximum atomic E-state index is 11.9. The third-order valence-electron chi connectivity index (χ3n) is 4.53. The summed E-state index contributed by atoms with van der Waals surface area (Å²) >= 11 is 0. The minimum Gasteiger partial charge on any atom is -0.370 e. The summed E-state index contributed by atoms with van der Waals surface area (Å²) in [5, 5.41) is 0. The maximum Gasteiger partial charge on any atom is 0.224 e. The Kier molecular flexibility index (Phi) is 8.51. The number of unbranched alkanes of at least 4 members (excludes halogenated alkanes) is 4. The van der Waals surface area contributed by atoms with Crippen LogP contribution in [0.5, 0.6) is 0 Å². The summed E-state index contributed by atoms with van der Waals surface area (Å²) in [6.45, 7) is 8.32. The van der Waals surface area contributed by atoms with Gasteiger partial charge in [0.25, 0.3) is 0 Å². The molecular weight excluding hydrogens is 252 g/mol. The van der Waals surface area contributed by atoms with Crippen molar-refractivity contribution in [3.8, 4) is 0 Å². The first kappa shape index (κ1) is 18.9. The maximum absolute atomic E-state index is 11.9. The number of hydrogen-bond acceptors (Lipinski definition) is 2. The SMILES string of the molecule is CC(C)C(CCCCCCCC(N)=O)(C(N)=O)C(C)C. The molecule has 4 nitrogen and oxygen atoms in total. The molecule has 0 saturated carbocycles. The molecule has 4 heteroatoms. The van der Waals surface area contributed by atoms with Crippen molar-refractivity contribution in [1.82, 2.24) is 0 Å². The van der Waals surface area contributed by atoms with E-state index in [-0.39, 0.29) is 23.7 Å². The van der Waals surface area contributed by atoms with E-state index >= 15 is 0 Å². The molecule has 0 rings (SSSR count). The number of primary amides is 2. The van der Waals surface area contributed by atoms with Gasteiger partial charge in [0, 0.05) is 6.42 Å². The third kappa shape index (κ3) is 5.51. The Bertz CT molecular complexity index is 304. The largest absolute Gasteiger partial charge is 0.370 e. The molecule has 0 heterocycles. The second-order valence-electron chi connectivity index (χ2n) is 6.45. The van der Waals surface area contributed by atoms with Gasteiger partial charge in [0.1, 0.15) is 0 Å².